The van der Waals surface area contributed by atoms with Gasteiger partial charge in [-0.3, -0.25) is 4.79 Å². The number of hydrogen-bond acceptors (Lipinski definition) is 2. The van der Waals surface area contributed by atoms with Gasteiger partial charge in [0.1, 0.15) is 0 Å². The van der Waals surface area contributed by atoms with Crippen LogP contribution in [0.3, 0.4) is 0 Å². The van der Waals surface area contributed by atoms with Gasteiger partial charge in [0.05, 0.1) is 12.0 Å². The second-order valence-electron chi connectivity index (χ2n) is 5.98. The molecule has 1 fully saturated rings. The fourth-order valence-corrected chi connectivity index (χ4v) is 1.99. The molecule has 0 unspecified atom stereocenters. The van der Waals surface area contributed by atoms with E-state index in [0.29, 0.717) is 0 Å². The molecule has 1 saturated heterocycles. The number of likely N-dealkylation sites (tertiary alicyclic amines) is 1. The Bertz CT molecular complexity index is 307. The first kappa shape index (κ1) is 18.5. The highest BCUT2D eigenvalue weighted by Crippen LogP contribution is 2.34. The Kier molecular flexibility index (Phi) is 6.14. The first-order valence-corrected chi connectivity index (χ1v) is 6.14. The van der Waals surface area contributed by atoms with Crippen molar-refractivity contribution in [1.29, 1.82) is 0 Å². The van der Waals surface area contributed by atoms with Crippen LogP contribution in [-0.2, 0) is 4.79 Å². The first-order chi connectivity index (χ1) is 8.03. The van der Waals surface area contributed by atoms with E-state index in [9.17, 15) is 18.0 Å². The van der Waals surface area contributed by atoms with Crippen LogP contribution in [0.2, 0.25) is 0 Å². The number of carbonyl (C=O) groups is 1. The molecule has 0 aromatic heterocycles. The zero-order chi connectivity index (χ0) is 14.1. The molecule has 0 bridgehead atoms. The second-order valence-corrected chi connectivity index (χ2v) is 5.98. The summed E-state index contributed by atoms with van der Waals surface area (Å²) in [6.07, 6.45) is -4.19. The maximum atomic E-state index is 12.5. The topological polar surface area (TPSA) is 46.3 Å². The number of carbonyl (C=O) groups excluding carboxylic acids is 1. The molecule has 3 nitrogen and oxygen atoms in total. The second kappa shape index (κ2) is 6.31. The van der Waals surface area contributed by atoms with Gasteiger partial charge in [-0.2, -0.15) is 13.2 Å². The van der Waals surface area contributed by atoms with Crippen LogP contribution in [0.25, 0.3) is 0 Å². The Morgan fingerprint density at radius 1 is 1.21 bits per heavy atom. The third-order valence-corrected chi connectivity index (χ3v) is 3.47. The fourth-order valence-electron chi connectivity index (χ4n) is 1.99. The molecule has 0 spiro atoms. The van der Waals surface area contributed by atoms with Crippen molar-refractivity contribution >= 4 is 18.3 Å². The van der Waals surface area contributed by atoms with Gasteiger partial charge in [0, 0.05) is 13.1 Å². The molecule has 1 aliphatic heterocycles. The molecule has 0 aliphatic carbocycles. The lowest BCUT2D eigenvalue weighted by Gasteiger charge is -2.37. The Balaban J connectivity index is 0.00000324. The van der Waals surface area contributed by atoms with Crippen LogP contribution in [0.5, 0.6) is 0 Å². The van der Waals surface area contributed by atoms with E-state index in [2.05, 4.69) is 0 Å². The number of nitrogens with two attached hydrogens (primary N) is 1. The van der Waals surface area contributed by atoms with Gasteiger partial charge in [-0.15, -0.1) is 12.4 Å². The quantitative estimate of drug-likeness (QED) is 0.809. The van der Waals surface area contributed by atoms with Crippen LogP contribution in [0.1, 0.15) is 33.6 Å². The summed E-state index contributed by atoms with van der Waals surface area (Å²) in [5.41, 5.74) is 5.46. The standard InChI is InChI=1S/C12H21F3N2O.ClH/c1-11(2,3)9(16)10(18)17-6-4-8(5-7-17)12(13,14)15;/h8-9H,4-7,16H2,1-3H3;1H/t9-;/m1./s1. The van der Waals surface area contributed by atoms with Crippen molar-refractivity contribution in [3.8, 4) is 0 Å². The average molecular weight is 303 g/mol. The van der Waals surface area contributed by atoms with Crippen LogP contribution in [0.4, 0.5) is 13.2 Å². The Morgan fingerprint density at radius 3 is 1.95 bits per heavy atom. The van der Waals surface area contributed by atoms with Crippen molar-refractivity contribution in [3.63, 3.8) is 0 Å². The van der Waals surface area contributed by atoms with Gasteiger partial charge in [0.25, 0.3) is 0 Å². The van der Waals surface area contributed by atoms with Crippen LogP contribution in [-0.4, -0.2) is 36.1 Å². The summed E-state index contributed by atoms with van der Waals surface area (Å²) < 4.78 is 37.5. The van der Waals surface area contributed by atoms with E-state index in [1.165, 1.54) is 4.90 Å². The van der Waals surface area contributed by atoms with Crippen molar-refractivity contribution in [2.75, 3.05) is 13.1 Å². The molecule has 19 heavy (non-hydrogen) atoms. The molecule has 1 atom stereocenters. The van der Waals surface area contributed by atoms with Crippen molar-refractivity contribution in [2.24, 2.45) is 17.1 Å². The van der Waals surface area contributed by atoms with E-state index in [-0.39, 0.29) is 49.7 Å². The Hall–Kier alpha value is -0.490. The highest BCUT2D eigenvalue weighted by Gasteiger charge is 2.42. The van der Waals surface area contributed by atoms with E-state index in [0.717, 1.165) is 0 Å². The van der Waals surface area contributed by atoms with Gasteiger partial charge < -0.3 is 10.6 Å². The average Bonchev–Trinajstić information content (AvgIpc) is 2.25. The Labute approximate surface area is 118 Å². The molecule has 1 heterocycles. The number of amides is 1. The van der Waals surface area contributed by atoms with Gasteiger partial charge in [-0.1, -0.05) is 20.8 Å². The van der Waals surface area contributed by atoms with Crippen molar-refractivity contribution in [3.05, 3.63) is 0 Å². The minimum atomic E-state index is -4.15. The van der Waals surface area contributed by atoms with Gasteiger partial charge in [-0.05, 0) is 18.3 Å². The van der Waals surface area contributed by atoms with E-state index in [1.54, 1.807) is 0 Å². The van der Waals surface area contributed by atoms with Gasteiger partial charge >= 0.3 is 6.18 Å². The molecule has 1 aliphatic rings. The predicted molar refractivity (Wildman–Crippen MR) is 70.0 cm³/mol. The van der Waals surface area contributed by atoms with E-state index in [4.69, 9.17) is 5.73 Å². The van der Waals surface area contributed by atoms with Crippen LogP contribution in [0, 0.1) is 11.3 Å². The van der Waals surface area contributed by atoms with Crippen LogP contribution >= 0.6 is 12.4 Å². The summed E-state index contributed by atoms with van der Waals surface area (Å²) in [6, 6.07) is -0.667. The summed E-state index contributed by atoms with van der Waals surface area (Å²) in [6.45, 7) is 5.83. The number of nitrogens with zero attached hydrogens (tertiary/aromatic N) is 1. The number of halogens is 4. The van der Waals surface area contributed by atoms with Crippen molar-refractivity contribution < 1.29 is 18.0 Å². The van der Waals surface area contributed by atoms with Crippen LogP contribution < -0.4 is 5.73 Å². The molecule has 114 valence electrons. The van der Waals surface area contributed by atoms with Gasteiger partial charge in [-0.25, -0.2) is 0 Å². The highest BCUT2D eigenvalue weighted by atomic mass is 35.5. The molecule has 1 rings (SSSR count). The predicted octanol–water partition coefficient (Wildman–Crippen LogP) is 2.58. The maximum absolute atomic E-state index is 12.5. The van der Waals surface area contributed by atoms with E-state index >= 15 is 0 Å². The third-order valence-electron chi connectivity index (χ3n) is 3.47. The maximum Gasteiger partial charge on any atom is 0.391 e. The zero-order valence-electron chi connectivity index (χ0n) is 11.5. The highest BCUT2D eigenvalue weighted by molar-refractivity contribution is 5.85. The minimum absolute atomic E-state index is 0. The summed E-state index contributed by atoms with van der Waals surface area (Å²) in [7, 11) is 0. The van der Waals surface area contributed by atoms with E-state index in [1.807, 2.05) is 20.8 Å². The lowest BCUT2D eigenvalue weighted by molar-refractivity contribution is -0.186. The molecule has 0 saturated carbocycles. The van der Waals surface area contributed by atoms with E-state index < -0.39 is 18.1 Å². The summed E-state index contributed by atoms with van der Waals surface area (Å²) in [5.74, 6) is -1.53. The lowest BCUT2D eigenvalue weighted by Crippen LogP contribution is -2.53. The summed E-state index contributed by atoms with van der Waals surface area (Å²) >= 11 is 0. The number of rotatable bonds is 1. The summed E-state index contributed by atoms with van der Waals surface area (Å²) in [4.78, 5) is 13.5. The fraction of sp³-hybridized carbons (Fsp3) is 0.917. The minimum Gasteiger partial charge on any atom is -0.341 e. The number of alkyl halides is 3. The monoisotopic (exact) mass is 302 g/mol. The molecule has 0 aromatic rings. The number of piperidine rings is 1. The van der Waals surface area contributed by atoms with Crippen molar-refractivity contribution in [2.45, 2.75) is 45.8 Å². The first-order valence-electron chi connectivity index (χ1n) is 6.14. The molecule has 1 amide bonds. The molecule has 7 heteroatoms. The lowest BCUT2D eigenvalue weighted by atomic mass is 9.86. The normalized spacial score (nSPS) is 19.8. The molecule has 0 radical (unpaired) electrons. The Morgan fingerprint density at radius 2 is 1.63 bits per heavy atom. The largest absolute Gasteiger partial charge is 0.391 e. The SMILES string of the molecule is CC(C)(C)[C@H](N)C(=O)N1CCC(C(F)(F)F)CC1.Cl. The van der Waals surface area contributed by atoms with Gasteiger partial charge in [0.2, 0.25) is 5.91 Å². The molecular weight excluding hydrogens is 281 g/mol. The molecule has 0 aromatic carbocycles. The molecule has 2 N–H and O–H groups in total. The third kappa shape index (κ3) is 4.84. The molecular formula is C12H22ClF3N2O. The zero-order valence-corrected chi connectivity index (χ0v) is 12.3. The van der Waals surface area contributed by atoms with Crippen molar-refractivity contribution in [1.82, 2.24) is 4.90 Å². The van der Waals surface area contributed by atoms with Gasteiger partial charge in [0.15, 0.2) is 0 Å². The van der Waals surface area contributed by atoms with Crippen LogP contribution in [0.15, 0.2) is 0 Å². The summed E-state index contributed by atoms with van der Waals surface area (Å²) in [5, 5.41) is 0. The number of hydrogen-bond donors (Lipinski definition) is 1. The smallest absolute Gasteiger partial charge is 0.341 e.